The van der Waals surface area contributed by atoms with Gasteiger partial charge in [0.25, 0.3) is 0 Å². The Morgan fingerprint density at radius 3 is 2.80 bits per heavy atom. The standard InChI is InChI=1S/C14H23N/c1-13(2,3)15-8-6-5-7-10-11-9-12(15)14(10,11)4/h7,11-12H,5-6,8-9H2,1-4H3/b10-7-/t11?,12?,14-/m1/s1. The fourth-order valence-corrected chi connectivity index (χ4v) is 3.96. The molecule has 0 spiro atoms. The zero-order chi connectivity index (χ0) is 10.8. The van der Waals surface area contributed by atoms with Gasteiger partial charge in [0.2, 0.25) is 0 Å². The molecule has 0 radical (unpaired) electrons. The first-order valence-corrected chi connectivity index (χ1v) is 6.43. The number of rotatable bonds is 0. The minimum atomic E-state index is 0.351. The quantitative estimate of drug-likeness (QED) is 0.549. The fraction of sp³-hybridized carbons (Fsp3) is 0.857. The van der Waals surface area contributed by atoms with Crippen LogP contribution in [-0.2, 0) is 0 Å². The summed E-state index contributed by atoms with van der Waals surface area (Å²) in [7, 11) is 0. The highest BCUT2D eigenvalue weighted by atomic mass is 15.3. The summed E-state index contributed by atoms with van der Waals surface area (Å²) in [5.74, 6) is 0.963. The van der Waals surface area contributed by atoms with Gasteiger partial charge in [-0.15, -0.1) is 0 Å². The first-order chi connectivity index (χ1) is 6.95. The Balaban J connectivity index is 1.91. The maximum absolute atomic E-state index is 2.77. The molecule has 1 nitrogen and oxygen atoms in total. The summed E-state index contributed by atoms with van der Waals surface area (Å²) in [5.41, 5.74) is 2.73. The second-order valence-electron chi connectivity index (χ2n) is 6.75. The predicted octanol–water partition coefficient (Wildman–Crippen LogP) is 3.22. The van der Waals surface area contributed by atoms with Crippen LogP contribution in [0.4, 0.5) is 0 Å². The van der Waals surface area contributed by atoms with Crippen molar-refractivity contribution >= 4 is 0 Å². The topological polar surface area (TPSA) is 3.24 Å². The number of nitrogens with zero attached hydrogens (tertiary/aromatic N) is 1. The first kappa shape index (κ1) is 9.89. The van der Waals surface area contributed by atoms with Gasteiger partial charge in [-0.3, -0.25) is 4.90 Å². The fourth-order valence-electron chi connectivity index (χ4n) is 3.96. The van der Waals surface area contributed by atoms with E-state index in [0.29, 0.717) is 11.0 Å². The van der Waals surface area contributed by atoms with E-state index in [2.05, 4.69) is 38.7 Å². The van der Waals surface area contributed by atoms with Crippen molar-refractivity contribution in [3.05, 3.63) is 11.6 Å². The van der Waals surface area contributed by atoms with Gasteiger partial charge in [-0.1, -0.05) is 18.6 Å². The van der Waals surface area contributed by atoms with E-state index in [-0.39, 0.29) is 0 Å². The van der Waals surface area contributed by atoms with E-state index in [4.69, 9.17) is 0 Å². The predicted molar refractivity (Wildman–Crippen MR) is 63.8 cm³/mol. The van der Waals surface area contributed by atoms with Gasteiger partial charge in [-0.2, -0.15) is 0 Å². The molecule has 1 heteroatoms. The molecule has 0 bridgehead atoms. The SMILES string of the molecule is CC(C)(C)N1CCC/C=C2/C3CC1[C@]23C. The van der Waals surface area contributed by atoms with E-state index < -0.39 is 0 Å². The van der Waals surface area contributed by atoms with Gasteiger partial charge in [0.1, 0.15) is 0 Å². The van der Waals surface area contributed by atoms with E-state index in [0.717, 1.165) is 12.0 Å². The Morgan fingerprint density at radius 2 is 2.13 bits per heavy atom. The van der Waals surface area contributed by atoms with E-state index in [1.165, 1.54) is 25.8 Å². The lowest BCUT2D eigenvalue weighted by Crippen LogP contribution is -2.56. The van der Waals surface area contributed by atoms with Crippen LogP contribution in [0.15, 0.2) is 11.6 Å². The van der Waals surface area contributed by atoms with E-state index in [1.54, 1.807) is 5.57 Å². The van der Waals surface area contributed by atoms with Crippen LogP contribution in [0.1, 0.15) is 47.0 Å². The average Bonchev–Trinajstić information content (AvgIpc) is 2.58. The molecule has 0 aromatic carbocycles. The Bertz CT molecular complexity index is 323. The molecule has 1 aliphatic heterocycles. The number of fused-ring (bicyclic) bond motifs is 1. The molecule has 0 saturated heterocycles. The molecular formula is C14H23N. The zero-order valence-electron chi connectivity index (χ0n) is 10.5. The Hall–Kier alpha value is -0.300. The van der Waals surface area contributed by atoms with Crippen LogP contribution in [0.5, 0.6) is 0 Å². The summed E-state index contributed by atoms with van der Waals surface area (Å²) < 4.78 is 0. The summed E-state index contributed by atoms with van der Waals surface area (Å²) >= 11 is 0. The molecule has 3 rings (SSSR count). The van der Waals surface area contributed by atoms with Crippen molar-refractivity contribution in [2.24, 2.45) is 11.3 Å². The highest BCUT2D eigenvalue weighted by Gasteiger charge is 2.70. The lowest BCUT2D eigenvalue weighted by atomic mass is 9.77. The third kappa shape index (κ3) is 1.13. The number of hydrogen-bond acceptors (Lipinski definition) is 1. The van der Waals surface area contributed by atoms with Gasteiger partial charge in [0.05, 0.1) is 0 Å². The lowest BCUT2D eigenvalue weighted by Gasteiger charge is -2.49. The molecule has 15 heavy (non-hydrogen) atoms. The Kier molecular flexibility index (Phi) is 1.77. The third-order valence-corrected chi connectivity index (χ3v) is 4.99. The van der Waals surface area contributed by atoms with Crippen molar-refractivity contribution in [3.8, 4) is 0 Å². The highest BCUT2D eigenvalue weighted by molar-refractivity contribution is 5.47. The molecule has 3 atom stereocenters. The lowest BCUT2D eigenvalue weighted by molar-refractivity contribution is -0.00486. The van der Waals surface area contributed by atoms with Crippen LogP contribution in [0.2, 0.25) is 0 Å². The van der Waals surface area contributed by atoms with Crippen LogP contribution < -0.4 is 0 Å². The Labute approximate surface area is 93.5 Å². The summed E-state index contributed by atoms with van der Waals surface area (Å²) in [6, 6.07) is 0.842. The average molecular weight is 205 g/mol. The molecule has 2 fully saturated rings. The minimum absolute atomic E-state index is 0.351. The van der Waals surface area contributed by atoms with Gasteiger partial charge >= 0.3 is 0 Å². The van der Waals surface area contributed by atoms with Crippen LogP contribution in [0, 0.1) is 11.3 Å². The molecular weight excluding hydrogens is 182 g/mol. The van der Waals surface area contributed by atoms with Gasteiger partial charge < -0.3 is 0 Å². The van der Waals surface area contributed by atoms with Crippen molar-refractivity contribution in [1.82, 2.24) is 4.90 Å². The van der Waals surface area contributed by atoms with Crippen molar-refractivity contribution in [2.45, 2.75) is 58.5 Å². The molecule has 3 aliphatic rings. The van der Waals surface area contributed by atoms with E-state index in [9.17, 15) is 0 Å². The van der Waals surface area contributed by atoms with Crippen LogP contribution in [0.3, 0.4) is 0 Å². The molecule has 0 amide bonds. The van der Waals surface area contributed by atoms with E-state index >= 15 is 0 Å². The summed E-state index contributed by atoms with van der Waals surface area (Å²) in [5, 5.41) is 0. The molecule has 0 aromatic heterocycles. The van der Waals surface area contributed by atoms with Gasteiger partial charge in [0.15, 0.2) is 0 Å². The summed E-state index contributed by atoms with van der Waals surface area (Å²) in [4.78, 5) is 2.77. The normalized spacial score (nSPS) is 48.1. The maximum atomic E-state index is 2.77. The number of hydrogen-bond donors (Lipinski definition) is 0. The smallest absolute Gasteiger partial charge is 0.0203 e. The monoisotopic (exact) mass is 205 g/mol. The molecule has 2 aliphatic carbocycles. The van der Waals surface area contributed by atoms with Gasteiger partial charge in [-0.25, -0.2) is 0 Å². The van der Waals surface area contributed by atoms with Crippen LogP contribution in [0.25, 0.3) is 0 Å². The van der Waals surface area contributed by atoms with Crippen molar-refractivity contribution in [1.29, 1.82) is 0 Å². The van der Waals surface area contributed by atoms with Crippen LogP contribution in [-0.4, -0.2) is 23.0 Å². The Morgan fingerprint density at radius 1 is 1.40 bits per heavy atom. The number of allylic oxidation sites excluding steroid dienone is 1. The van der Waals surface area contributed by atoms with Crippen molar-refractivity contribution < 1.29 is 0 Å². The highest BCUT2D eigenvalue weighted by Crippen LogP contribution is 2.73. The molecule has 1 heterocycles. The molecule has 84 valence electrons. The third-order valence-electron chi connectivity index (χ3n) is 4.99. The van der Waals surface area contributed by atoms with Gasteiger partial charge in [-0.05, 0) is 52.5 Å². The molecule has 0 N–H and O–H groups in total. The van der Waals surface area contributed by atoms with E-state index in [1.807, 2.05) is 0 Å². The second-order valence-corrected chi connectivity index (χ2v) is 6.75. The molecule has 2 saturated carbocycles. The van der Waals surface area contributed by atoms with Crippen molar-refractivity contribution in [2.75, 3.05) is 6.54 Å². The maximum Gasteiger partial charge on any atom is 0.0203 e. The largest absolute Gasteiger partial charge is 0.295 e. The zero-order valence-corrected chi connectivity index (χ0v) is 10.5. The second kappa shape index (κ2) is 2.68. The van der Waals surface area contributed by atoms with Gasteiger partial charge in [0, 0.05) is 17.0 Å². The molecule has 0 aromatic rings. The molecule has 2 unspecified atom stereocenters. The first-order valence-electron chi connectivity index (χ1n) is 6.43. The van der Waals surface area contributed by atoms with Crippen LogP contribution >= 0.6 is 0 Å². The van der Waals surface area contributed by atoms with Crippen molar-refractivity contribution in [3.63, 3.8) is 0 Å². The summed E-state index contributed by atoms with van der Waals surface area (Å²) in [6.45, 7) is 10.9. The summed E-state index contributed by atoms with van der Waals surface area (Å²) in [6.07, 6.45) is 6.63. The minimum Gasteiger partial charge on any atom is -0.295 e.